The maximum absolute atomic E-state index is 12.1. The summed E-state index contributed by atoms with van der Waals surface area (Å²) in [6.07, 6.45) is 0.353. The summed E-state index contributed by atoms with van der Waals surface area (Å²) < 4.78 is 38.1. The van der Waals surface area contributed by atoms with Crippen molar-refractivity contribution in [1.29, 1.82) is 5.26 Å². The predicted molar refractivity (Wildman–Crippen MR) is 103 cm³/mol. The Morgan fingerprint density at radius 3 is 2.68 bits per heavy atom. The molecule has 1 aromatic heterocycles. The second-order valence-corrected chi connectivity index (χ2v) is 6.87. The number of anilines is 2. The van der Waals surface area contributed by atoms with Crippen molar-refractivity contribution in [1.82, 2.24) is 8.75 Å². The van der Waals surface area contributed by atoms with Crippen LogP contribution >= 0.6 is 11.7 Å². The van der Waals surface area contributed by atoms with E-state index >= 15 is 0 Å². The van der Waals surface area contributed by atoms with E-state index in [0.717, 1.165) is 21.6 Å². The number of carbonyl (C=O) groups is 1. The Morgan fingerprint density at radius 1 is 1.29 bits per heavy atom. The summed E-state index contributed by atoms with van der Waals surface area (Å²) in [5.74, 6) is -0.662. The number of rotatable bonds is 6. The average molecular weight is 413 g/mol. The van der Waals surface area contributed by atoms with Crippen LogP contribution in [0.1, 0.15) is 27.2 Å². The van der Waals surface area contributed by atoms with Crippen LogP contribution in [-0.2, 0) is 22.4 Å². The Hall–Kier alpha value is -3.13. The maximum Gasteiger partial charge on any atom is 0.340 e. The molecule has 0 bridgehead atoms. The number of nitrogens with zero attached hydrogens (tertiary/aromatic N) is 4. The Kier molecular flexibility index (Phi) is 6.10. The van der Waals surface area contributed by atoms with Gasteiger partial charge in [-0.15, -0.1) is 0 Å². The van der Waals surface area contributed by atoms with Crippen molar-refractivity contribution in [3.8, 4) is 6.07 Å². The summed E-state index contributed by atoms with van der Waals surface area (Å²) in [4.78, 5) is 12.1. The minimum atomic E-state index is -2.82. The van der Waals surface area contributed by atoms with Crippen molar-refractivity contribution in [3.63, 3.8) is 0 Å². The van der Waals surface area contributed by atoms with Crippen molar-refractivity contribution in [2.24, 2.45) is 0 Å². The van der Waals surface area contributed by atoms with Crippen molar-refractivity contribution >= 4 is 40.5 Å². The molecule has 0 saturated heterocycles. The molecular weight excluding hydrogens is 400 g/mol. The molecule has 1 heterocycles. The first kappa shape index (κ1) is 19.6. The highest BCUT2D eigenvalue weighted by molar-refractivity contribution is 7.81. The van der Waals surface area contributed by atoms with E-state index in [2.05, 4.69) is 8.75 Å². The molecule has 3 aromatic rings. The van der Waals surface area contributed by atoms with Crippen LogP contribution in [0.2, 0.25) is 0 Å². The van der Waals surface area contributed by atoms with E-state index in [4.69, 9.17) is 4.74 Å². The number of carbonyl (C=O) groups excluding carboxylic acids is 1. The Bertz CT molecular complexity index is 1060. The van der Waals surface area contributed by atoms with Gasteiger partial charge >= 0.3 is 5.97 Å². The molecule has 0 aliphatic carbocycles. The van der Waals surface area contributed by atoms with Gasteiger partial charge < -0.3 is 9.29 Å². The van der Waals surface area contributed by atoms with Gasteiger partial charge in [0, 0.05) is 6.42 Å². The van der Waals surface area contributed by atoms with Crippen molar-refractivity contribution < 1.29 is 18.3 Å². The largest absolute Gasteiger partial charge is 0.755 e. The molecule has 0 amide bonds. The summed E-state index contributed by atoms with van der Waals surface area (Å²) in [5.41, 5.74) is 1.50. The van der Waals surface area contributed by atoms with E-state index in [1.807, 2.05) is 36.4 Å². The van der Waals surface area contributed by atoms with Crippen LogP contribution in [0.3, 0.4) is 0 Å². The molecular formula is C18H13N4O4S2-. The van der Waals surface area contributed by atoms with Crippen LogP contribution in [0, 0.1) is 11.3 Å². The summed E-state index contributed by atoms with van der Waals surface area (Å²) in [7, 11) is 1.19. The van der Waals surface area contributed by atoms with Crippen LogP contribution in [0.5, 0.6) is 0 Å². The van der Waals surface area contributed by atoms with Gasteiger partial charge in [-0.2, -0.15) is 14.0 Å². The summed E-state index contributed by atoms with van der Waals surface area (Å²) in [5, 5.41) is 9.18. The first-order valence-corrected chi connectivity index (χ1v) is 9.68. The van der Waals surface area contributed by atoms with Gasteiger partial charge in [-0.3, -0.25) is 8.51 Å². The molecule has 0 fully saturated rings. The second kappa shape index (κ2) is 8.71. The molecule has 142 valence electrons. The molecule has 0 N–H and O–H groups in total. The number of benzene rings is 2. The predicted octanol–water partition coefficient (Wildman–Crippen LogP) is 2.72. The Balaban J connectivity index is 2.12. The molecule has 0 saturated carbocycles. The van der Waals surface area contributed by atoms with E-state index in [0.29, 0.717) is 12.1 Å². The highest BCUT2D eigenvalue weighted by atomic mass is 32.2. The van der Waals surface area contributed by atoms with Crippen molar-refractivity contribution in [3.05, 3.63) is 70.9 Å². The lowest BCUT2D eigenvalue weighted by Crippen LogP contribution is -2.24. The van der Waals surface area contributed by atoms with Crippen molar-refractivity contribution in [2.45, 2.75) is 6.42 Å². The van der Waals surface area contributed by atoms with E-state index in [1.165, 1.54) is 25.3 Å². The van der Waals surface area contributed by atoms with Crippen LogP contribution in [0.25, 0.3) is 0 Å². The minimum absolute atomic E-state index is 0.00985. The standard InChI is InChI=1S/C18H14N4O4S2/c1-26-18(23)14-8-7-13(11-19)10-16(14)22(28(24)25)17-15(20-27-21-17)9-12-5-3-2-4-6-12/h2-8,10H,9H2,1H3,(H,24,25)/p-1. The number of ether oxygens (including phenoxy) is 1. The zero-order valence-corrected chi connectivity index (χ0v) is 16.2. The van der Waals surface area contributed by atoms with Gasteiger partial charge in [0.2, 0.25) is 0 Å². The lowest BCUT2D eigenvalue weighted by Gasteiger charge is -2.26. The van der Waals surface area contributed by atoms with Gasteiger partial charge in [0.1, 0.15) is 5.69 Å². The third kappa shape index (κ3) is 4.07. The van der Waals surface area contributed by atoms with Crippen molar-refractivity contribution in [2.75, 3.05) is 11.4 Å². The molecule has 1 atom stereocenters. The van der Waals surface area contributed by atoms with Gasteiger partial charge in [-0.1, -0.05) is 30.3 Å². The molecule has 1 unspecified atom stereocenters. The highest BCUT2D eigenvalue weighted by Crippen LogP contribution is 2.33. The molecule has 2 aromatic carbocycles. The minimum Gasteiger partial charge on any atom is -0.755 e. The highest BCUT2D eigenvalue weighted by Gasteiger charge is 2.25. The third-order valence-corrected chi connectivity index (χ3v) is 5.07. The first-order valence-electron chi connectivity index (χ1n) is 7.92. The second-order valence-electron chi connectivity index (χ2n) is 5.54. The zero-order chi connectivity index (χ0) is 20.1. The summed E-state index contributed by atoms with van der Waals surface area (Å²) >= 11 is -1.96. The lowest BCUT2D eigenvalue weighted by atomic mass is 10.1. The van der Waals surface area contributed by atoms with Gasteiger partial charge in [-0.25, -0.2) is 4.79 Å². The number of hydrogen-bond acceptors (Lipinski definition) is 8. The topological polar surface area (TPSA) is 119 Å². The molecule has 3 rings (SSSR count). The van der Waals surface area contributed by atoms with E-state index in [9.17, 15) is 18.8 Å². The van der Waals surface area contributed by atoms with Crippen LogP contribution in [0.15, 0.2) is 48.5 Å². The fraction of sp³-hybridized carbons (Fsp3) is 0.111. The van der Waals surface area contributed by atoms with Gasteiger partial charge in [0.25, 0.3) is 0 Å². The van der Waals surface area contributed by atoms with Gasteiger partial charge in [0.05, 0.1) is 53.0 Å². The fourth-order valence-electron chi connectivity index (χ4n) is 2.57. The smallest absolute Gasteiger partial charge is 0.340 e. The maximum atomic E-state index is 12.1. The number of esters is 1. The molecule has 0 aliphatic heterocycles. The Morgan fingerprint density at radius 2 is 2.04 bits per heavy atom. The lowest BCUT2D eigenvalue weighted by molar-refractivity contribution is 0.0601. The number of nitriles is 1. The summed E-state index contributed by atoms with van der Waals surface area (Å²) in [6, 6.07) is 15.4. The molecule has 0 aliphatic rings. The fourth-order valence-corrected chi connectivity index (χ4v) is 3.77. The molecule has 28 heavy (non-hydrogen) atoms. The monoisotopic (exact) mass is 413 g/mol. The SMILES string of the molecule is COC(=O)c1ccc(C#N)cc1N(c1nsnc1Cc1ccccc1)S(=O)[O-]. The Labute approximate surface area is 167 Å². The molecule has 0 radical (unpaired) electrons. The van der Waals surface area contributed by atoms with E-state index in [1.54, 1.807) is 0 Å². The van der Waals surface area contributed by atoms with Gasteiger partial charge in [0.15, 0.2) is 5.82 Å². The number of hydrogen-bond donors (Lipinski definition) is 0. The molecule has 10 heteroatoms. The molecule has 0 spiro atoms. The average Bonchev–Trinajstić information content (AvgIpc) is 3.15. The normalized spacial score (nSPS) is 11.5. The van der Waals surface area contributed by atoms with Crippen LogP contribution in [0.4, 0.5) is 11.5 Å². The third-order valence-electron chi connectivity index (χ3n) is 3.84. The van der Waals surface area contributed by atoms with Crippen LogP contribution in [-0.4, -0.2) is 30.6 Å². The number of aromatic nitrogens is 2. The van der Waals surface area contributed by atoms with Crippen LogP contribution < -0.4 is 4.31 Å². The van der Waals surface area contributed by atoms with Gasteiger partial charge in [-0.05, 0) is 23.8 Å². The summed E-state index contributed by atoms with van der Waals surface area (Å²) in [6.45, 7) is 0. The first-order chi connectivity index (χ1) is 13.5. The zero-order valence-electron chi connectivity index (χ0n) is 14.6. The quantitative estimate of drug-likeness (QED) is 0.450. The van der Waals surface area contributed by atoms with E-state index < -0.39 is 17.2 Å². The number of methoxy groups -OCH3 is 1. The van der Waals surface area contributed by atoms with E-state index in [-0.39, 0.29) is 22.6 Å². The molecule has 8 nitrogen and oxygen atoms in total.